The van der Waals surface area contributed by atoms with E-state index in [0.717, 1.165) is 5.66 Å². The molecule has 3 rings (SSSR count). The van der Waals surface area contributed by atoms with Gasteiger partial charge in [-0.25, -0.2) is 0 Å². The molecule has 0 unspecified atom stereocenters. The fourth-order valence-corrected chi connectivity index (χ4v) is 10.1. The van der Waals surface area contributed by atoms with Crippen LogP contribution in [0, 0.1) is 0 Å². The summed E-state index contributed by atoms with van der Waals surface area (Å²) in [7, 11) is -0.104. The molecule has 1 heteroatoms. The molecule has 0 nitrogen and oxygen atoms in total. The Morgan fingerprint density at radius 1 is 0.783 bits per heavy atom. The second kappa shape index (κ2) is 6.72. The third kappa shape index (κ3) is 3.30. The molecule has 0 N–H and O–H groups in total. The average molecular weight is 328 g/mol. The number of rotatable bonds is 5. The van der Waals surface area contributed by atoms with Gasteiger partial charge >= 0.3 is 0 Å². The Bertz CT molecular complexity index is 509. The van der Waals surface area contributed by atoms with E-state index in [2.05, 4.69) is 64.2 Å². The lowest BCUT2D eigenvalue weighted by Crippen LogP contribution is -2.38. The molecule has 0 aromatic carbocycles. The molecule has 0 heterocycles. The first-order chi connectivity index (χ1) is 10.9. The van der Waals surface area contributed by atoms with Crippen LogP contribution in [0.15, 0.2) is 47.6 Å². The van der Waals surface area contributed by atoms with Crippen molar-refractivity contribution in [1.82, 2.24) is 0 Å². The van der Waals surface area contributed by atoms with Crippen LogP contribution in [0.25, 0.3) is 0 Å². The Labute approximate surface area is 144 Å². The highest BCUT2D eigenvalue weighted by Gasteiger charge is 2.47. The minimum atomic E-state index is -0.104. The molecule has 126 valence electrons. The highest BCUT2D eigenvalue weighted by atomic mass is 31.1. The zero-order valence-corrected chi connectivity index (χ0v) is 16.3. The Hall–Kier alpha value is -0.610. The standard InChI is InChI=1S/C22H33P/c1-21(2,18-12-8-9-13-18)23(20-16-6-5-7-17-20)22(3,4)19-14-10-11-15-19/h8-12,14,20H,5-7,13,15-17H2,1-4H3. The first kappa shape index (κ1) is 17.2. The van der Waals surface area contributed by atoms with Crippen LogP contribution in [0.3, 0.4) is 0 Å². The van der Waals surface area contributed by atoms with Crippen molar-refractivity contribution in [3.63, 3.8) is 0 Å². The zero-order valence-electron chi connectivity index (χ0n) is 15.4. The lowest BCUT2D eigenvalue weighted by molar-refractivity contribution is 0.499. The fraction of sp³-hybridized carbons (Fsp3) is 0.636. The van der Waals surface area contributed by atoms with E-state index in [-0.39, 0.29) is 7.92 Å². The van der Waals surface area contributed by atoms with Crippen molar-refractivity contribution in [2.24, 2.45) is 0 Å². The van der Waals surface area contributed by atoms with Crippen molar-refractivity contribution >= 4 is 7.92 Å². The molecule has 3 aliphatic carbocycles. The lowest BCUT2D eigenvalue weighted by atomic mass is 9.99. The molecule has 0 aromatic heterocycles. The maximum atomic E-state index is 2.55. The predicted octanol–water partition coefficient (Wildman–Crippen LogP) is 7.13. The van der Waals surface area contributed by atoms with Crippen molar-refractivity contribution < 1.29 is 0 Å². The first-order valence-electron chi connectivity index (χ1n) is 9.46. The lowest BCUT2D eigenvalue weighted by Gasteiger charge is -2.52. The van der Waals surface area contributed by atoms with Gasteiger partial charge in [-0.05, 0) is 31.3 Å². The smallest absolute Gasteiger partial charge is 0.00734 e. The number of hydrogen-bond acceptors (Lipinski definition) is 0. The van der Waals surface area contributed by atoms with Gasteiger partial charge in [-0.2, -0.15) is 0 Å². The molecule has 0 spiro atoms. The van der Waals surface area contributed by atoms with Gasteiger partial charge in [0.2, 0.25) is 0 Å². The molecular formula is C22H33P. The monoisotopic (exact) mass is 328 g/mol. The van der Waals surface area contributed by atoms with Gasteiger partial charge in [-0.15, -0.1) is 0 Å². The molecule has 0 radical (unpaired) electrons. The Morgan fingerprint density at radius 2 is 1.26 bits per heavy atom. The van der Waals surface area contributed by atoms with E-state index in [1.807, 2.05) is 0 Å². The van der Waals surface area contributed by atoms with Gasteiger partial charge in [0.1, 0.15) is 0 Å². The van der Waals surface area contributed by atoms with Crippen molar-refractivity contribution in [3.05, 3.63) is 47.6 Å². The van der Waals surface area contributed by atoms with E-state index < -0.39 is 0 Å². The van der Waals surface area contributed by atoms with Gasteiger partial charge < -0.3 is 0 Å². The normalized spacial score (nSPS) is 22.8. The first-order valence-corrected chi connectivity index (χ1v) is 10.9. The second-order valence-corrected chi connectivity index (χ2v) is 12.1. The number of allylic oxidation sites excluding steroid dienone is 8. The minimum Gasteiger partial charge on any atom is -0.0834 e. The topological polar surface area (TPSA) is 0 Å². The van der Waals surface area contributed by atoms with Crippen LogP contribution < -0.4 is 0 Å². The molecule has 0 bridgehead atoms. The highest BCUT2D eigenvalue weighted by molar-refractivity contribution is 7.62. The molecule has 1 fully saturated rings. The van der Waals surface area contributed by atoms with Crippen LogP contribution in [-0.2, 0) is 0 Å². The molecule has 1 saturated carbocycles. The molecule has 0 aliphatic heterocycles. The molecule has 3 aliphatic rings. The fourth-order valence-electron chi connectivity index (χ4n) is 5.06. The van der Waals surface area contributed by atoms with Crippen LogP contribution in [0.4, 0.5) is 0 Å². The van der Waals surface area contributed by atoms with Crippen molar-refractivity contribution in [1.29, 1.82) is 0 Å². The molecule has 0 atom stereocenters. The SMILES string of the molecule is CC(C)(C1=CC=CC1)P(C1CCCCC1)C(C)(C)C1=CC=CC1. The van der Waals surface area contributed by atoms with Crippen molar-refractivity contribution in [2.45, 2.75) is 88.6 Å². The second-order valence-electron chi connectivity index (χ2n) is 8.43. The van der Waals surface area contributed by atoms with E-state index in [1.165, 1.54) is 44.9 Å². The van der Waals surface area contributed by atoms with E-state index >= 15 is 0 Å². The van der Waals surface area contributed by atoms with Gasteiger partial charge in [0, 0.05) is 10.3 Å². The van der Waals surface area contributed by atoms with Crippen LogP contribution in [-0.4, -0.2) is 16.0 Å². The summed E-state index contributed by atoms with van der Waals surface area (Å²) in [6, 6.07) is 0. The summed E-state index contributed by atoms with van der Waals surface area (Å²) in [5, 5.41) is 0.682. The van der Waals surface area contributed by atoms with Gasteiger partial charge in [-0.3, -0.25) is 0 Å². The maximum absolute atomic E-state index is 2.55. The van der Waals surface area contributed by atoms with Gasteiger partial charge in [-0.1, -0.05) is 102 Å². The Morgan fingerprint density at radius 3 is 1.65 bits per heavy atom. The quantitative estimate of drug-likeness (QED) is 0.471. The van der Waals surface area contributed by atoms with E-state index in [4.69, 9.17) is 0 Å². The summed E-state index contributed by atoms with van der Waals surface area (Å²) in [5.74, 6) is 0. The molecule has 0 aromatic rings. The summed E-state index contributed by atoms with van der Waals surface area (Å²) in [6.45, 7) is 10.2. The van der Waals surface area contributed by atoms with Gasteiger partial charge in [0.15, 0.2) is 0 Å². The largest absolute Gasteiger partial charge is 0.0834 e. The molecular weight excluding hydrogens is 295 g/mol. The molecule has 0 amide bonds. The van der Waals surface area contributed by atoms with E-state index in [9.17, 15) is 0 Å². The number of hydrogen-bond donors (Lipinski definition) is 0. The molecule has 23 heavy (non-hydrogen) atoms. The summed E-state index contributed by atoms with van der Waals surface area (Å²) in [6.07, 6.45) is 23.7. The van der Waals surface area contributed by atoms with Crippen LogP contribution in [0.5, 0.6) is 0 Å². The van der Waals surface area contributed by atoms with Gasteiger partial charge in [0.25, 0.3) is 0 Å². The molecule has 0 saturated heterocycles. The van der Waals surface area contributed by atoms with Gasteiger partial charge in [0.05, 0.1) is 0 Å². The Balaban J connectivity index is 1.96. The third-order valence-corrected chi connectivity index (χ3v) is 10.5. The van der Waals surface area contributed by atoms with Crippen molar-refractivity contribution in [3.8, 4) is 0 Å². The van der Waals surface area contributed by atoms with Crippen molar-refractivity contribution in [2.75, 3.05) is 0 Å². The highest BCUT2D eigenvalue weighted by Crippen LogP contribution is 2.70. The van der Waals surface area contributed by atoms with Crippen LogP contribution in [0.2, 0.25) is 0 Å². The summed E-state index contributed by atoms with van der Waals surface area (Å²) in [4.78, 5) is 0. The zero-order chi connectivity index (χ0) is 16.5. The summed E-state index contributed by atoms with van der Waals surface area (Å²) in [5.41, 5.74) is 4.29. The average Bonchev–Trinajstić information content (AvgIpc) is 3.22. The van der Waals surface area contributed by atoms with Crippen LogP contribution >= 0.6 is 7.92 Å². The minimum absolute atomic E-state index is 0.104. The third-order valence-electron chi connectivity index (χ3n) is 6.26. The van der Waals surface area contributed by atoms with Crippen LogP contribution in [0.1, 0.15) is 72.6 Å². The summed E-state index contributed by atoms with van der Waals surface area (Å²) >= 11 is 0. The maximum Gasteiger partial charge on any atom is 0.00734 e. The summed E-state index contributed by atoms with van der Waals surface area (Å²) < 4.78 is 0. The van der Waals surface area contributed by atoms with E-state index in [1.54, 1.807) is 11.1 Å². The van der Waals surface area contributed by atoms with E-state index in [0.29, 0.717) is 10.3 Å². The Kier molecular flexibility index (Phi) is 5.03. The predicted molar refractivity (Wildman–Crippen MR) is 106 cm³/mol.